The third kappa shape index (κ3) is 2.96. The molecule has 0 atom stereocenters. The van der Waals surface area contributed by atoms with Crippen molar-refractivity contribution in [2.24, 2.45) is 0 Å². The van der Waals surface area contributed by atoms with Crippen molar-refractivity contribution in [3.8, 4) is 0 Å². The van der Waals surface area contributed by atoms with E-state index in [-0.39, 0.29) is 0 Å². The molecule has 78 valence electrons. The van der Waals surface area contributed by atoms with E-state index in [0.29, 0.717) is 15.7 Å². The fourth-order valence-corrected chi connectivity index (χ4v) is 1.79. The second-order valence-electron chi connectivity index (χ2n) is 3.14. The molecule has 0 aliphatic rings. The Hall–Kier alpha value is -0.600. The Morgan fingerprint density at radius 3 is 2.36 bits per heavy atom. The third-order valence-corrected chi connectivity index (χ3v) is 2.49. The number of rotatable bonds is 4. The zero-order valence-corrected chi connectivity index (χ0v) is 9.62. The van der Waals surface area contributed by atoms with Crippen LogP contribution in [0.5, 0.6) is 0 Å². The second-order valence-corrected chi connectivity index (χ2v) is 3.95. The van der Waals surface area contributed by atoms with E-state index in [9.17, 15) is 0 Å². The molecule has 0 aromatic heterocycles. The number of halogens is 2. The number of hydrogen-bond acceptors (Lipinski definition) is 2. The average Bonchev–Trinajstić information content (AvgIpc) is 2.09. The summed E-state index contributed by atoms with van der Waals surface area (Å²) < 4.78 is 0. The lowest BCUT2D eigenvalue weighted by Gasteiger charge is -2.10. The van der Waals surface area contributed by atoms with E-state index in [4.69, 9.17) is 28.9 Å². The van der Waals surface area contributed by atoms with E-state index < -0.39 is 0 Å². The maximum absolute atomic E-state index is 5.99. The Bertz CT molecular complexity index is 290. The quantitative estimate of drug-likeness (QED) is 0.613. The van der Waals surface area contributed by atoms with Gasteiger partial charge in [-0.3, -0.25) is 0 Å². The molecular formula is C10H14Cl2N2. The highest BCUT2D eigenvalue weighted by Gasteiger charge is 2.05. The smallest absolute Gasteiger partial charge is 0.0720 e. The maximum atomic E-state index is 5.99. The zero-order chi connectivity index (χ0) is 10.6. The van der Waals surface area contributed by atoms with Gasteiger partial charge in [0.1, 0.15) is 0 Å². The van der Waals surface area contributed by atoms with Crippen molar-refractivity contribution in [2.75, 3.05) is 17.6 Å². The van der Waals surface area contributed by atoms with Gasteiger partial charge in [0.15, 0.2) is 0 Å². The van der Waals surface area contributed by atoms with Crippen molar-refractivity contribution in [1.29, 1.82) is 0 Å². The van der Waals surface area contributed by atoms with Crippen LogP contribution in [0.15, 0.2) is 12.1 Å². The van der Waals surface area contributed by atoms with Crippen molar-refractivity contribution >= 4 is 34.6 Å². The number of anilines is 2. The average molecular weight is 233 g/mol. The Kier molecular flexibility index (Phi) is 4.36. The predicted molar refractivity (Wildman–Crippen MR) is 64.3 cm³/mol. The summed E-state index contributed by atoms with van der Waals surface area (Å²) in [4.78, 5) is 0. The second kappa shape index (κ2) is 5.32. The van der Waals surface area contributed by atoms with Gasteiger partial charge in [-0.1, -0.05) is 36.5 Å². The standard InChI is InChI=1S/C10H14Cl2N2/c1-2-3-4-14-10-8(11)5-7(13)6-9(10)12/h5-6,14H,2-4,13H2,1H3. The molecule has 0 aliphatic heterocycles. The molecule has 3 N–H and O–H groups in total. The molecule has 1 aromatic carbocycles. The minimum Gasteiger partial charge on any atom is -0.399 e. The molecule has 0 spiro atoms. The molecule has 0 fully saturated rings. The summed E-state index contributed by atoms with van der Waals surface area (Å²) in [5, 5.41) is 4.34. The lowest BCUT2D eigenvalue weighted by Crippen LogP contribution is -2.02. The van der Waals surface area contributed by atoms with E-state index in [2.05, 4.69) is 12.2 Å². The molecule has 0 saturated heterocycles. The molecular weight excluding hydrogens is 219 g/mol. The topological polar surface area (TPSA) is 38.0 Å². The van der Waals surface area contributed by atoms with E-state index in [1.165, 1.54) is 0 Å². The van der Waals surface area contributed by atoms with E-state index in [0.717, 1.165) is 25.1 Å². The van der Waals surface area contributed by atoms with Crippen LogP contribution < -0.4 is 11.1 Å². The van der Waals surface area contributed by atoms with Crippen molar-refractivity contribution in [2.45, 2.75) is 19.8 Å². The van der Waals surface area contributed by atoms with Crippen LogP contribution in [-0.2, 0) is 0 Å². The molecule has 0 unspecified atom stereocenters. The summed E-state index contributed by atoms with van der Waals surface area (Å²) in [6.45, 7) is 3.01. The van der Waals surface area contributed by atoms with Crippen molar-refractivity contribution in [1.82, 2.24) is 0 Å². The molecule has 0 radical (unpaired) electrons. The molecule has 0 bridgehead atoms. The first-order chi connectivity index (χ1) is 6.65. The molecule has 14 heavy (non-hydrogen) atoms. The van der Waals surface area contributed by atoms with Crippen molar-refractivity contribution in [3.05, 3.63) is 22.2 Å². The van der Waals surface area contributed by atoms with E-state index >= 15 is 0 Å². The summed E-state index contributed by atoms with van der Waals surface area (Å²) in [5.41, 5.74) is 6.94. The highest BCUT2D eigenvalue weighted by molar-refractivity contribution is 6.39. The summed E-state index contributed by atoms with van der Waals surface area (Å²) in [5.74, 6) is 0. The van der Waals surface area contributed by atoms with E-state index in [1.807, 2.05) is 0 Å². The molecule has 1 rings (SSSR count). The number of nitrogens with two attached hydrogens (primary N) is 1. The highest BCUT2D eigenvalue weighted by Crippen LogP contribution is 2.32. The molecule has 2 nitrogen and oxygen atoms in total. The SMILES string of the molecule is CCCCNc1c(Cl)cc(N)cc1Cl. The van der Waals surface area contributed by atoms with Gasteiger partial charge in [0.25, 0.3) is 0 Å². The van der Waals surface area contributed by atoms with Gasteiger partial charge in [-0.2, -0.15) is 0 Å². The Morgan fingerprint density at radius 2 is 1.86 bits per heavy atom. The van der Waals surface area contributed by atoms with Crippen LogP contribution >= 0.6 is 23.2 Å². The van der Waals surface area contributed by atoms with Crippen molar-refractivity contribution < 1.29 is 0 Å². The number of nitrogen functional groups attached to an aromatic ring is 1. The first-order valence-corrected chi connectivity index (χ1v) is 5.39. The Balaban J connectivity index is 2.75. The molecule has 0 saturated carbocycles. The summed E-state index contributed by atoms with van der Waals surface area (Å²) in [6, 6.07) is 3.39. The summed E-state index contributed by atoms with van der Waals surface area (Å²) >= 11 is 12.0. The van der Waals surface area contributed by atoms with Gasteiger partial charge in [0.05, 0.1) is 15.7 Å². The number of unbranched alkanes of at least 4 members (excludes halogenated alkanes) is 1. The first-order valence-electron chi connectivity index (χ1n) is 4.63. The lowest BCUT2D eigenvalue weighted by atomic mass is 10.2. The van der Waals surface area contributed by atoms with Crippen LogP contribution in [0.25, 0.3) is 0 Å². The summed E-state index contributed by atoms with van der Waals surface area (Å²) in [6.07, 6.45) is 2.23. The van der Waals surface area contributed by atoms with Crippen molar-refractivity contribution in [3.63, 3.8) is 0 Å². The number of hydrogen-bond donors (Lipinski definition) is 2. The number of benzene rings is 1. The Labute approximate surface area is 94.4 Å². The molecule has 0 heterocycles. The van der Waals surface area contributed by atoms with Crippen LogP contribution in [-0.4, -0.2) is 6.54 Å². The zero-order valence-electron chi connectivity index (χ0n) is 8.11. The van der Waals surface area contributed by atoms with Gasteiger partial charge in [-0.05, 0) is 18.6 Å². The minimum absolute atomic E-state index is 0.575. The van der Waals surface area contributed by atoms with Gasteiger partial charge in [0, 0.05) is 12.2 Å². The van der Waals surface area contributed by atoms with Crippen LogP contribution in [0.1, 0.15) is 19.8 Å². The van der Waals surface area contributed by atoms with Crippen LogP contribution in [0.2, 0.25) is 10.0 Å². The van der Waals surface area contributed by atoms with Crippen LogP contribution in [0.3, 0.4) is 0 Å². The van der Waals surface area contributed by atoms with Gasteiger partial charge in [-0.15, -0.1) is 0 Å². The van der Waals surface area contributed by atoms with Gasteiger partial charge in [-0.25, -0.2) is 0 Å². The predicted octanol–water partition coefficient (Wildman–Crippen LogP) is 3.79. The van der Waals surface area contributed by atoms with Gasteiger partial charge < -0.3 is 11.1 Å². The normalized spacial score (nSPS) is 10.2. The maximum Gasteiger partial charge on any atom is 0.0720 e. The highest BCUT2D eigenvalue weighted by atomic mass is 35.5. The molecule has 0 aliphatic carbocycles. The van der Waals surface area contributed by atoms with Gasteiger partial charge in [0.2, 0.25) is 0 Å². The fourth-order valence-electron chi connectivity index (χ4n) is 1.15. The largest absolute Gasteiger partial charge is 0.399 e. The number of nitrogens with one attached hydrogen (secondary N) is 1. The lowest BCUT2D eigenvalue weighted by molar-refractivity contribution is 0.834. The first kappa shape index (κ1) is 11.5. The molecule has 4 heteroatoms. The monoisotopic (exact) mass is 232 g/mol. The third-order valence-electron chi connectivity index (χ3n) is 1.90. The Morgan fingerprint density at radius 1 is 1.29 bits per heavy atom. The fraction of sp³-hybridized carbons (Fsp3) is 0.400. The summed E-state index contributed by atoms with van der Waals surface area (Å²) in [7, 11) is 0. The molecule has 0 amide bonds. The van der Waals surface area contributed by atoms with Crippen LogP contribution in [0, 0.1) is 0 Å². The van der Waals surface area contributed by atoms with E-state index in [1.54, 1.807) is 12.1 Å². The minimum atomic E-state index is 0.575. The molecule has 1 aromatic rings. The van der Waals surface area contributed by atoms with Gasteiger partial charge >= 0.3 is 0 Å². The van der Waals surface area contributed by atoms with Crippen LogP contribution in [0.4, 0.5) is 11.4 Å².